The summed E-state index contributed by atoms with van der Waals surface area (Å²) in [6.07, 6.45) is 9.92. The molecule has 0 unspecified atom stereocenters. The molecule has 2 bridgehead atoms. The van der Waals surface area contributed by atoms with Crippen LogP contribution >= 0.6 is 0 Å². The zero-order chi connectivity index (χ0) is 34.8. The van der Waals surface area contributed by atoms with Crippen LogP contribution in [-0.4, -0.2) is 86.1 Å². The van der Waals surface area contributed by atoms with Crippen molar-refractivity contribution >= 4 is 39.4 Å². The fourth-order valence-corrected chi connectivity index (χ4v) is 9.12. The number of rotatable bonds is 9. The Labute approximate surface area is 297 Å². The number of hydrogen-bond donors (Lipinski definition) is 2. The maximum Gasteiger partial charge on any atom is 0.254 e. The Morgan fingerprint density at radius 2 is 1.78 bits per heavy atom. The highest BCUT2D eigenvalue weighted by Gasteiger charge is 2.47. The number of aryl methyl sites for hydroxylation is 1. The Balaban J connectivity index is 1.02. The summed E-state index contributed by atoms with van der Waals surface area (Å²) in [7, 11) is 3.71. The van der Waals surface area contributed by atoms with Gasteiger partial charge in [0.05, 0.1) is 30.4 Å². The van der Waals surface area contributed by atoms with Gasteiger partial charge in [-0.1, -0.05) is 18.2 Å². The molecule has 11 heteroatoms. The lowest BCUT2D eigenvalue weighted by Gasteiger charge is -2.32. The number of anilines is 1. The predicted molar refractivity (Wildman–Crippen MR) is 198 cm³/mol. The van der Waals surface area contributed by atoms with E-state index in [1.54, 1.807) is 19.5 Å². The number of pyridine rings is 1. The zero-order valence-corrected chi connectivity index (χ0v) is 29.4. The highest BCUT2D eigenvalue weighted by atomic mass is 16.5. The number of carbonyl (C=O) groups is 2. The third-order valence-electron chi connectivity index (χ3n) is 12.0. The van der Waals surface area contributed by atoms with Gasteiger partial charge in [-0.2, -0.15) is 0 Å². The van der Waals surface area contributed by atoms with E-state index in [2.05, 4.69) is 48.6 Å². The lowest BCUT2D eigenvalue weighted by atomic mass is 9.88. The van der Waals surface area contributed by atoms with Crippen LogP contribution in [-0.2, 0) is 18.4 Å². The number of nitrogens with zero attached hydrogens (tertiary/aromatic N) is 6. The number of fused-ring (bicyclic) bond motifs is 4. The molecule has 3 N–H and O–H groups in total. The predicted octanol–water partition coefficient (Wildman–Crippen LogP) is 5.39. The average Bonchev–Trinajstić information content (AvgIpc) is 3.53. The lowest BCUT2D eigenvalue weighted by Crippen LogP contribution is -2.41. The number of para-hydroxylation sites is 1. The van der Waals surface area contributed by atoms with Gasteiger partial charge in [0, 0.05) is 61.3 Å². The molecule has 2 saturated heterocycles. The molecule has 3 aromatic heterocycles. The summed E-state index contributed by atoms with van der Waals surface area (Å²) in [4.78, 5) is 40.1. The van der Waals surface area contributed by atoms with Crippen LogP contribution in [0.2, 0.25) is 0 Å². The Hall–Kier alpha value is -4.74. The maximum atomic E-state index is 13.8. The van der Waals surface area contributed by atoms with Crippen molar-refractivity contribution in [3.63, 3.8) is 0 Å². The third-order valence-corrected chi connectivity index (χ3v) is 12.0. The van der Waals surface area contributed by atoms with Crippen LogP contribution in [0, 0.1) is 11.8 Å². The van der Waals surface area contributed by atoms with E-state index in [9.17, 15) is 9.59 Å². The molecule has 0 radical (unpaired) electrons. The van der Waals surface area contributed by atoms with E-state index in [0.29, 0.717) is 35.6 Å². The van der Waals surface area contributed by atoms with Gasteiger partial charge in [-0.25, -0.2) is 4.98 Å². The number of carbonyl (C=O) groups excluding carboxylic acids is 2. The fourth-order valence-electron chi connectivity index (χ4n) is 9.12. The molecule has 2 aliphatic heterocycles. The summed E-state index contributed by atoms with van der Waals surface area (Å²) in [5, 5.41) is 4.21. The highest BCUT2D eigenvalue weighted by molar-refractivity contribution is 6.01. The van der Waals surface area contributed by atoms with Crippen LogP contribution in [0.4, 0.5) is 5.69 Å². The van der Waals surface area contributed by atoms with E-state index in [1.165, 1.54) is 29.3 Å². The number of methoxy groups -OCH3 is 1. The summed E-state index contributed by atoms with van der Waals surface area (Å²) in [5.41, 5.74) is 13.2. The summed E-state index contributed by atoms with van der Waals surface area (Å²) in [6.45, 7) is 3.81. The van der Waals surface area contributed by atoms with Gasteiger partial charge >= 0.3 is 0 Å². The first-order valence-corrected chi connectivity index (χ1v) is 18.5. The fraction of sp³-hybridized carbons (Fsp3) is 0.450. The number of aromatic nitrogens is 4. The molecule has 5 aromatic rings. The molecular weight excluding hydrogens is 640 g/mol. The van der Waals surface area contributed by atoms with Gasteiger partial charge in [-0.05, 0) is 105 Å². The minimum Gasteiger partial charge on any atom is -0.494 e. The Kier molecular flexibility index (Phi) is 8.07. The number of hydrogen-bond acceptors (Lipinski definition) is 7. The molecule has 2 aromatic carbocycles. The number of nitrogens with two attached hydrogens (primary N) is 1. The van der Waals surface area contributed by atoms with E-state index in [-0.39, 0.29) is 23.9 Å². The Morgan fingerprint density at radius 3 is 2.49 bits per heavy atom. The van der Waals surface area contributed by atoms with E-state index < -0.39 is 0 Å². The molecule has 51 heavy (non-hydrogen) atoms. The quantitative estimate of drug-likeness (QED) is 0.213. The van der Waals surface area contributed by atoms with Crippen molar-refractivity contribution in [3.05, 3.63) is 72.1 Å². The summed E-state index contributed by atoms with van der Waals surface area (Å²) in [6, 6.07) is 16.6. The summed E-state index contributed by atoms with van der Waals surface area (Å²) < 4.78 is 10.6. The maximum absolute atomic E-state index is 13.8. The average molecular weight is 687 g/mol. The topological polar surface area (TPSA) is 124 Å². The molecule has 3 atom stereocenters. The van der Waals surface area contributed by atoms with Crippen molar-refractivity contribution in [2.75, 3.05) is 38.6 Å². The second-order valence-electron chi connectivity index (χ2n) is 15.2. The normalized spacial score (nSPS) is 22.3. The van der Waals surface area contributed by atoms with Gasteiger partial charge in [0.1, 0.15) is 11.3 Å². The molecule has 4 fully saturated rings. The molecule has 5 heterocycles. The van der Waals surface area contributed by atoms with Crippen molar-refractivity contribution in [3.8, 4) is 17.3 Å². The van der Waals surface area contributed by atoms with Gasteiger partial charge < -0.3 is 29.8 Å². The van der Waals surface area contributed by atoms with Gasteiger partial charge in [0.25, 0.3) is 5.91 Å². The Morgan fingerprint density at radius 1 is 0.980 bits per heavy atom. The van der Waals surface area contributed by atoms with E-state index >= 15 is 0 Å². The molecule has 9 rings (SSSR count). The number of benzene rings is 2. The molecular formula is C40H46N8O3. The van der Waals surface area contributed by atoms with E-state index in [0.717, 1.165) is 80.1 Å². The van der Waals surface area contributed by atoms with Crippen LogP contribution < -0.4 is 15.8 Å². The van der Waals surface area contributed by atoms with Gasteiger partial charge in [-0.15, -0.1) is 0 Å². The first kappa shape index (κ1) is 32.2. The van der Waals surface area contributed by atoms with Crippen LogP contribution in [0.15, 0.2) is 60.9 Å². The van der Waals surface area contributed by atoms with Gasteiger partial charge in [-0.3, -0.25) is 19.5 Å². The molecule has 2 amide bonds. The number of nitrogens with one attached hydrogen (secondary N) is 1. The number of likely N-dealkylation sites (tertiary alicyclic amines) is 2. The first-order valence-electron chi connectivity index (χ1n) is 18.5. The SMILES string of the molecule is COc1cc(C(=O)N2C[C@H]3CC[C@@H]2[C@@H]3N)cc2nc(-c3cc4cccc(C5CCN(CC(=O)Nc6ccncc6)CC5)c4n3CC3CC3)n(C)c12. The minimum atomic E-state index is 0.00696. The summed E-state index contributed by atoms with van der Waals surface area (Å²) >= 11 is 0. The Bertz CT molecular complexity index is 2130. The first-order chi connectivity index (χ1) is 24.9. The van der Waals surface area contributed by atoms with Gasteiger partial charge in [0.2, 0.25) is 5.91 Å². The molecule has 264 valence electrons. The largest absolute Gasteiger partial charge is 0.494 e. The number of piperidine rings is 2. The molecule has 2 saturated carbocycles. The number of amides is 2. The standard InChI is InChI=1S/C40H46N8O3/c1-45-38-31(18-28(20-34(38)51-2)40(50)48-22-27-8-9-32(48)36(27)41)44-39(45)33-19-26-4-3-5-30(37(26)47(33)21-24-6-7-24)25-12-16-46(17-13-25)23-35(49)43-29-10-14-42-15-11-29/h3-5,10-11,14-15,18-20,24-25,27,32,36H,6-9,12-13,16-17,21-23,41H2,1-2H3,(H,42,43,49)/t27-,32-,36-/m1/s1. The van der Waals surface area contributed by atoms with Gasteiger partial charge in [0.15, 0.2) is 5.82 Å². The van der Waals surface area contributed by atoms with Crippen molar-refractivity contribution in [1.29, 1.82) is 0 Å². The summed E-state index contributed by atoms with van der Waals surface area (Å²) in [5.74, 6) is 2.98. The minimum absolute atomic E-state index is 0.00696. The van der Waals surface area contributed by atoms with Crippen LogP contribution in [0.25, 0.3) is 33.5 Å². The van der Waals surface area contributed by atoms with Crippen molar-refractivity contribution in [2.24, 2.45) is 24.6 Å². The second-order valence-corrected chi connectivity index (χ2v) is 15.2. The van der Waals surface area contributed by atoms with Crippen molar-refractivity contribution in [2.45, 2.75) is 63.1 Å². The van der Waals surface area contributed by atoms with E-state index in [1.807, 2.05) is 36.2 Å². The molecule has 0 spiro atoms. The highest BCUT2D eigenvalue weighted by Crippen LogP contribution is 2.42. The monoisotopic (exact) mass is 686 g/mol. The lowest BCUT2D eigenvalue weighted by molar-refractivity contribution is -0.117. The van der Waals surface area contributed by atoms with Crippen molar-refractivity contribution < 1.29 is 14.3 Å². The number of ether oxygens (including phenoxy) is 1. The zero-order valence-electron chi connectivity index (χ0n) is 29.4. The second kappa shape index (κ2) is 12.8. The molecule has 4 aliphatic rings. The third kappa shape index (κ3) is 5.76. The van der Waals surface area contributed by atoms with E-state index in [4.69, 9.17) is 15.5 Å². The smallest absolute Gasteiger partial charge is 0.254 e. The molecule has 2 aliphatic carbocycles. The van der Waals surface area contributed by atoms with Crippen LogP contribution in [0.5, 0.6) is 5.75 Å². The van der Waals surface area contributed by atoms with Crippen LogP contribution in [0.1, 0.15) is 60.4 Å². The van der Waals surface area contributed by atoms with Crippen LogP contribution in [0.3, 0.4) is 0 Å². The number of imidazole rings is 1. The molecule has 11 nitrogen and oxygen atoms in total. The van der Waals surface area contributed by atoms with Crippen molar-refractivity contribution in [1.82, 2.24) is 28.9 Å².